The molecular formula is C21H25N3O8. The van der Waals surface area contributed by atoms with Crippen LogP contribution >= 0.6 is 0 Å². The average molecular weight is 447 g/mol. The highest BCUT2D eigenvalue weighted by Crippen LogP contribution is 2.34. The van der Waals surface area contributed by atoms with Gasteiger partial charge in [-0.25, -0.2) is 9.59 Å². The van der Waals surface area contributed by atoms with Gasteiger partial charge in [0, 0.05) is 38.1 Å². The van der Waals surface area contributed by atoms with E-state index in [0.29, 0.717) is 30.7 Å². The predicted octanol–water partition coefficient (Wildman–Crippen LogP) is 0.750. The number of amides is 5. The van der Waals surface area contributed by atoms with Crippen molar-refractivity contribution in [3.8, 4) is 0 Å². The van der Waals surface area contributed by atoms with Crippen molar-refractivity contribution in [1.29, 1.82) is 0 Å². The first-order valence-corrected chi connectivity index (χ1v) is 10.4. The molecule has 2 atom stereocenters. The van der Waals surface area contributed by atoms with Crippen LogP contribution in [0.4, 0.5) is 4.79 Å². The second-order valence-electron chi connectivity index (χ2n) is 8.06. The molecule has 11 nitrogen and oxygen atoms in total. The lowest BCUT2D eigenvalue weighted by Crippen LogP contribution is -2.40. The van der Waals surface area contributed by atoms with Crippen LogP contribution in [0.5, 0.6) is 0 Å². The van der Waals surface area contributed by atoms with E-state index in [2.05, 4.69) is 5.32 Å². The molecule has 3 aliphatic rings. The van der Waals surface area contributed by atoms with Crippen molar-refractivity contribution in [2.75, 3.05) is 13.1 Å². The Hall–Kier alpha value is -3.50. The SMILES string of the molecule is CC1(C(=O)ON2C(=O)CCC2=O)CC/C=C/C(OC(=O)NCCN2C(=O)C=CC2=O)CC1. The van der Waals surface area contributed by atoms with E-state index >= 15 is 0 Å². The van der Waals surface area contributed by atoms with Crippen LogP contribution in [0.2, 0.25) is 0 Å². The highest BCUT2D eigenvalue weighted by molar-refractivity contribution is 6.12. The zero-order chi connectivity index (χ0) is 23.3. The highest BCUT2D eigenvalue weighted by atomic mass is 16.7. The minimum Gasteiger partial charge on any atom is -0.442 e. The van der Waals surface area contributed by atoms with Crippen LogP contribution in [0.1, 0.15) is 45.4 Å². The van der Waals surface area contributed by atoms with Crippen molar-refractivity contribution in [2.24, 2.45) is 5.41 Å². The number of carbonyl (C=O) groups is 6. The number of nitrogens with one attached hydrogen (secondary N) is 1. The largest absolute Gasteiger partial charge is 0.442 e. The van der Waals surface area contributed by atoms with Gasteiger partial charge < -0.3 is 14.9 Å². The molecule has 0 spiro atoms. The van der Waals surface area contributed by atoms with Gasteiger partial charge in [0.15, 0.2) is 0 Å². The zero-order valence-corrected chi connectivity index (χ0v) is 17.7. The van der Waals surface area contributed by atoms with Crippen LogP contribution < -0.4 is 5.32 Å². The molecule has 0 aromatic carbocycles. The van der Waals surface area contributed by atoms with Crippen LogP contribution in [-0.2, 0) is 33.5 Å². The number of rotatable bonds is 6. The molecule has 0 saturated carbocycles. The number of ether oxygens (including phenoxy) is 1. The fourth-order valence-corrected chi connectivity index (χ4v) is 3.59. The highest BCUT2D eigenvalue weighted by Gasteiger charge is 2.41. The van der Waals surface area contributed by atoms with Gasteiger partial charge in [0.1, 0.15) is 6.10 Å². The molecule has 0 bridgehead atoms. The van der Waals surface area contributed by atoms with Gasteiger partial charge in [-0.1, -0.05) is 6.08 Å². The van der Waals surface area contributed by atoms with Crippen LogP contribution in [0.15, 0.2) is 24.3 Å². The van der Waals surface area contributed by atoms with Gasteiger partial charge in [0.05, 0.1) is 5.41 Å². The van der Waals surface area contributed by atoms with E-state index in [9.17, 15) is 28.8 Å². The molecule has 1 aliphatic carbocycles. The Kier molecular flexibility index (Phi) is 7.06. The smallest absolute Gasteiger partial charge is 0.407 e. The van der Waals surface area contributed by atoms with Gasteiger partial charge in [0.2, 0.25) is 0 Å². The lowest BCUT2D eigenvalue weighted by molar-refractivity contribution is -0.205. The van der Waals surface area contributed by atoms with Crippen LogP contribution in [0, 0.1) is 5.41 Å². The first-order valence-electron chi connectivity index (χ1n) is 10.4. The Morgan fingerprint density at radius 3 is 2.41 bits per heavy atom. The van der Waals surface area contributed by atoms with Gasteiger partial charge in [-0.3, -0.25) is 24.1 Å². The molecule has 1 fully saturated rings. The minimum atomic E-state index is -0.963. The van der Waals surface area contributed by atoms with Gasteiger partial charge in [-0.05, 0) is 38.7 Å². The molecule has 0 radical (unpaired) electrons. The van der Waals surface area contributed by atoms with Crippen molar-refractivity contribution in [2.45, 2.75) is 51.6 Å². The summed E-state index contributed by atoms with van der Waals surface area (Å²) in [7, 11) is 0. The van der Waals surface area contributed by atoms with Gasteiger partial charge in [-0.15, -0.1) is 5.06 Å². The van der Waals surface area contributed by atoms with Gasteiger partial charge >= 0.3 is 12.1 Å². The van der Waals surface area contributed by atoms with Crippen molar-refractivity contribution in [3.05, 3.63) is 24.3 Å². The standard InChI is InChI=1S/C21H25N3O8/c1-21(19(29)32-24-17(27)7-8-18(24)28)10-3-2-4-14(9-11-21)31-20(30)22-12-13-23-15(25)5-6-16(23)26/h2,4-6,14H,3,7-13H2,1H3,(H,22,30)/b4-2+. The summed E-state index contributed by atoms with van der Waals surface area (Å²) in [6.45, 7) is 1.75. The summed E-state index contributed by atoms with van der Waals surface area (Å²) in [4.78, 5) is 77.3. The molecule has 5 amide bonds. The number of allylic oxidation sites excluding steroid dienone is 1. The van der Waals surface area contributed by atoms with E-state index in [1.807, 2.05) is 0 Å². The molecule has 0 aromatic heterocycles. The quantitative estimate of drug-likeness (QED) is 0.465. The van der Waals surface area contributed by atoms with Gasteiger partial charge in [0.25, 0.3) is 23.6 Å². The summed E-state index contributed by atoms with van der Waals surface area (Å²) in [5.41, 5.74) is -0.963. The third-order valence-corrected chi connectivity index (χ3v) is 5.63. The Balaban J connectivity index is 1.48. The fourth-order valence-electron chi connectivity index (χ4n) is 3.59. The summed E-state index contributed by atoms with van der Waals surface area (Å²) in [5, 5.41) is 3.03. The number of hydrogen-bond donors (Lipinski definition) is 1. The zero-order valence-electron chi connectivity index (χ0n) is 17.7. The third-order valence-electron chi connectivity index (χ3n) is 5.63. The summed E-state index contributed by atoms with van der Waals surface area (Å²) in [6.07, 6.45) is 6.17. The Bertz CT molecular complexity index is 861. The number of alkyl carbamates (subject to hydrolysis) is 1. The molecule has 2 heterocycles. The molecule has 3 rings (SSSR count). The minimum absolute atomic E-state index is 0.0210. The Morgan fingerprint density at radius 1 is 1.09 bits per heavy atom. The summed E-state index contributed by atoms with van der Waals surface area (Å²) < 4.78 is 5.37. The van der Waals surface area contributed by atoms with E-state index in [4.69, 9.17) is 9.57 Å². The molecule has 1 saturated heterocycles. The number of hydrogen-bond acceptors (Lipinski definition) is 8. The number of imide groups is 2. The van der Waals surface area contributed by atoms with Crippen LogP contribution in [-0.4, -0.2) is 64.8 Å². The first-order chi connectivity index (χ1) is 15.2. The number of carbonyl (C=O) groups excluding carboxylic acids is 6. The maximum Gasteiger partial charge on any atom is 0.407 e. The monoisotopic (exact) mass is 447 g/mol. The normalized spacial score (nSPS) is 26.7. The maximum atomic E-state index is 12.7. The number of hydroxylamine groups is 2. The second-order valence-corrected chi connectivity index (χ2v) is 8.06. The summed E-state index contributed by atoms with van der Waals surface area (Å²) >= 11 is 0. The van der Waals surface area contributed by atoms with E-state index in [1.165, 1.54) is 0 Å². The lowest BCUT2D eigenvalue weighted by atomic mass is 9.79. The summed E-state index contributed by atoms with van der Waals surface area (Å²) in [5.74, 6) is -2.62. The summed E-state index contributed by atoms with van der Waals surface area (Å²) in [6, 6.07) is 0. The van der Waals surface area contributed by atoms with E-state index in [0.717, 1.165) is 17.1 Å². The Labute approximate surface area is 184 Å². The topological polar surface area (TPSA) is 139 Å². The van der Waals surface area contributed by atoms with Gasteiger partial charge in [-0.2, -0.15) is 0 Å². The molecule has 1 N–H and O–H groups in total. The molecule has 11 heteroatoms. The van der Waals surface area contributed by atoms with E-state index in [1.54, 1.807) is 19.1 Å². The lowest BCUT2D eigenvalue weighted by Gasteiger charge is -2.30. The third kappa shape index (κ3) is 5.40. The molecule has 0 aromatic rings. The molecular weight excluding hydrogens is 422 g/mol. The molecule has 2 aliphatic heterocycles. The molecule has 32 heavy (non-hydrogen) atoms. The van der Waals surface area contributed by atoms with Crippen molar-refractivity contribution >= 4 is 35.7 Å². The van der Waals surface area contributed by atoms with Crippen LogP contribution in [0.3, 0.4) is 0 Å². The fraction of sp³-hybridized carbons (Fsp3) is 0.524. The Morgan fingerprint density at radius 2 is 1.75 bits per heavy atom. The number of nitrogens with zero attached hydrogens (tertiary/aromatic N) is 2. The van der Waals surface area contributed by atoms with Crippen LogP contribution in [0.25, 0.3) is 0 Å². The van der Waals surface area contributed by atoms with Crippen molar-refractivity contribution in [3.63, 3.8) is 0 Å². The van der Waals surface area contributed by atoms with E-state index < -0.39 is 47.2 Å². The van der Waals surface area contributed by atoms with E-state index in [-0.39, 0.29) is 25.9 Å². The molecule has 172 valence electrons. The van der Waals surface area contributed by atoms with Crippen molar-refractivity contribution < 1.29 is 38.3 Å². The maximum absolute atomic E-state index is 12.7. The molecule has 2 unspecified atom stereocenters. The predicted molar refractivity (Wildman–Crippen MR) is 107 cm³/mol. The van der Waals surface area contributed by atoms with Crippen molar-refractivity contribution in [1.82, 2.24) is 15.3 Å². The first kappa shape index (κ1) is 23.2. The second kappa shape index (κ2) is 9.75. The average Bonchev–Trinajstić information content (AvgIpc) is 3.23.